The third-order valence-electron chi connectivity index (χ3n) is 3.32. The highest BCUT2D eigenvalue weighted by Crippen LogP contribution is 2.43. The van der Waals surface area contributed by atoms with Crippen molar-refractivity contribution < 1.29 is 13.8 Å². The highest BCUT2D eigenvalue weighted by Gasteiger charge is 2.17. The second-order valence-electron chi connectivity index (χ2n) is 5.73. The summed E-state index contributed by atoms with van der Waals surface area (Å²) in [6.45, 7) is 8.39. The molecule has 0 spiro atoms. The van der Waals surface area contributed by atoms with Gasteiger partial charge in [-0.15, -0.1) is 0 Å². The van der Waals surface area contributed by atoms with Crippen molar-refractivity contribution in [1.29, 1.82) is 0 Å². The molecule has 2 rings (SSSR count). The van der Waals surface area contributed by atoms with Crippen LogP contribution in [0.3, 0.4) is 0 Å². The Kier molecular flexibility index (Phi) is 5.73. The Morgan fingerprint density at radius 3 is 2.09 bits per heavy atom. The number of anilines is 1. The van der Waals surface area contributed by atoms with E-state index in [0.717, 1.165) is 11.4 Å². The molecule has 2 aromatic rings. The lowest BCUT2D eigenvalue weighted by Gasteiger charge is -2.18. The molecule has 0 bridgehead atoms. The first-order valence-electron chi connectivity index (χ1n) is 7.78. The largest absolute Gasteiger partial charge is 0.494 e. The van der Waals surface area contributed by atoms with Gasteiger partial charge in [0.15, 0.2) is 0 Å². The van der Waals surface area contributed by atoms with Crippen LogP contribution < -0.4 is 14.3 Å². The molecule has 124 valence electrons. The SMILES string of the molecule is CCOc1ccc(N[P@@](C)(=O)Oc2ccc(C(C)C)cc2)cc1. The van der Waals surface area contributed by atoms with Crippen molar-refractivity contribution in [3.8, 4) is 11.5 Å². The van der Waals surface area contributed by atoms with Crippen LogP contribution in [0.4, 0.5) is 5.69 Å². The molecule has 0 unspecified atom stereocenters. The van der Waals surface area contributed by atoms with Crippen LogP contribution in [-0.4, -0.2) is 13.3 Å². The molecule has 0 saturated carbocycles. The number of ether oxygens (including phenoxy) is 1. The van der Waals surface area contributed by atoms with E-state index < -0.39 is 7.52 Å². The minimum absolute atomic E-state index is 0.458. The van der Waals surface area contributed by atoms with E-state index in [9.17, 15) is 4.57 Å². The number of benzene rings is 2. The van der Waals surface area contributed by atoms with Gasteiger partial charge in [-0.2, -0.15) is 0 Å². The summed E-state index contributed by atoms with van der Waals surface area (Å²) in [7, 11) is -3.00. The average molecular weight is 333 g/mol. The molecule has 5 heteroatoms. The molecule has 0 heterocycles. The number of nitrogens with one attached hydrogen (secondary N) is 1. The third-order valence-corrected chi connectivity index (χ3v) is 4.55. The van der Waals surface area contributed by atoms with Gasteiger partial charge in [0, 0.05) is 12.4 Å². The van der Waals surface area contributed by atoms with Gasteiger partial charge in [-0.3, -0.25) is 4.57 Å². The predicted octanol–water partition coefficient (Wildman–Crippen LogP) is 5.52. The standard InChI is InChI=1S/C18H24NO3P/c1-5-21-17-12-8-16(9-13-17)19-23(4,20)22-18-10-6-15(7-11-18)14(2)3/h6-14H,5H2,1-4H3,(H,19,20)/t23-/m0/s1. The lowest BCUT2D eigenvalue weighted by molar-refractivity contribution is 0.340. The maximum atomic E-state index is 12.6. The molecule has 0 radical (unpaired) electrons. The molecule has 0 aliphatic carbocycles. The molecule has 2 aromatic carbocycles. The monoisotopic (exact) mass is 333 g/mol. The van der Waals surface area contributed by atoms with E-state index in [0.29, 0.717) is 18.3 Å². The molecule has 0 amide bonds. The maximum absolute atomic E-state index is 12.6. The Hall–Kier alpha value is -1.93. The van der Waals surface area contributed by atoms with Crippen LogP contribution in [0, 0.1) is 0 Å². The summed E-state index contributed by atoms with van der Waals surface area (Å²) in [4.78, 5) is 0. The summed E-state index contributed by atoms with van der Waals surface area (Å²) >= 11 is 0. The van der Waals surface area contributed by atoms with Gasteiger partial charge >= 0.3 is 7.52 Å². The number of hydrogen-bond acceptors (Lipinski definition) is 3. The molecular formula is C18H24NO3P. The van der Waals surface area contributed by atoms with E-state index in [1.165, 1.54) is 5.56 Å². The minimum Gasteiger partial charge on any atom is -0.494 e. The van der Waals surface area contributed by atoms with Crippen molar-refractivity contribution in [3.63, 3.8) is 0 Å². The van der Waals surface area contributed by atoms with E-state index >= 15 is 0 Å². The van der Waals surface area contributed by atoms with Crippen LogP contribution in [0.25, 0.3) is 0 Å². The summed E-state index contributed by atoms with van der Waals surface area (Å²) < 4.78 is 23.6. The van der Waals surface area contributed by atoms with Crippen molar-refractivity contribution in [1.82, 2.24) is 0 Å². The highest BCUT2D eigenvalue weighted by molar-refractivity contribution is 7.60. The maximum Gasteiger partial charge on any atom is 0.338 e. The summed E-state index contributed by atoms with van der Waals surface area (Å²) in [6, 6.07) is 15.0. The van der Waals surface area contributed by atoms with E-state index in [4.69, 9.17) is 9.26 Å². The lowest BCUT2D eigenvalue weighted by atomic mass is 10.0. The Balaban J connectivity index is 2.02. The fourth-order valence-electron chi connectivity index (χ4n) is 2.16. The molecule has 1 atom stereocenters. The first-order valence-corrected chi connectivity index (χ1v) is 9.85. The van der Waals surface area contributed by atoms with Gasteiger partial charge < -0.3 is 14.3 Å². The zero-order chi connectivity index (χ0) is 16.9. The smallest absolute Gasteiger partial charge is 0.338 e. The molecular weight excluding hydrogens is 309 g/mol. The van der Waals surface area contributed by atoms with Gasteiger partial charge in [-0.1, -0.05) is 26.0 Å². The van der Waals surface area contributed by atoms with Crippen LogP contribution in [0.2, 0.25) is 0 Å². The second-order valence-corrected chi connectivity index (χ2v) is 7.83. The summed E-state index contributed by atoms with van der Waals surface area (Å²) in [6.07, 6.45) is 0. The molecule has 0 aliphatic heterocycles. The first-order chi connectivity index (χ1) is 10.9. The predicted molar refractivity (Wildman–Crippen MR) is 95.9 cm³/mol. The van der Waals surface area contributed by atoms with Gasteiger partial charge in [-0.05, 0) is 54.8 Å². The molecule has 23 heavy (non-hydrogen) atoms. The summed E-state index contributed by atoms with van der Waals surface area (Å²) in [5, 5.41) is 2.95. The van der Waals surface area contributed by atoms with E-state index in [-0.39, 0.29) is 0 Å². The van der Waals surface area contributed by atoms with Gasteiger partial charge in [0.1, 0.15) is 11.5 Å². The Labute approximate surface area is 138 Å². The zero-order valence-electron chi connectivity index (χ0n) is 14.1. The molecule has 0 fully saturated rings. The van der Waals surface area contributed by atoms with Crippen molar-refractivity contribution >= 4 is 13.2 Å². The van der Waals surface area contributed by atoms with Gasteiger partial charge in [0.05, 0.1) is 6.61 Å². The molecule has 4 nitrogen and oxygen atoms in total. The Morgan fingerprint density at radius 1 is 1.00 bits per heavy atom. The zero-order valence-corrected chi connectivity index (χ0v) is 15.0. The van der Waals surface area contributed by atoms with E-state index in [1.54, 1.807) is 6.66 Å². The van der Waals surface area contributed by atoms with Crippen LogP contribution in [0.15, 0.2) is 48.5 Å². The highest BCUT2D eigenvalue weighted by atomic mass is 31.2. The van der Waals surface area contributed by atoms with Crippen molar-refractivity contribution in [2.24, 2.45) is 0 Å². The van der Waals surface area contributed by atoms with E-state index in [2.05, 4.69) is 18.9 Å². The molecule has 0 saturated heterocycles. The van der Waals surface area contributed by atoms with Gasteiger partial charge in [-0.25, -0.2) is 0 Å². The van der Waals surface area contributed by atoms with Crippen molar-refractivity contribution in [3.05, 3.63) is 54.1 Å². The average Bonchev–Trinajstić information content (AvgIpc) is 2.49. The minimum atomic E-state index is -3.00. The number of rotatable bonds is 7. The topological polar surface area (TPSA) is 47.6 Å². The first kappa shape index (κ1) is 17.4. The fourth-order valence-corrected chi connectivity index (χ4v) is 3.35. The summed E-state index contributed by atoms with van der Waals surface area (Å²) in [5.74, 6) is 1.84. The van der Waals surface area contributed by atoms with Crippen LogP contribution in [-0.2, 0) is 4.57 Å². The van der Waals surface area contributed by atoms with E-state index in [1.807, 2.05) is 55.5 Å². The quantitative estimate of drug-likeness (QED) is 0.678. The van der Waals surface area contributed by atoms with Crippen molar-refractivity contribution in [2.45, 2.75) is 26.7 Å². The number of hydrogen-bond donors (Lipinski definition) is 1. The molecule has 0 aromatic heterocycles. The third kappa shape index (κ3) is 5.33. The van der Waals surface area contributed by atoms with Crippen LogP contribution in [0.1, 0.15) is 32.3 Å². The molecule has 1 N–H and O–H groups in total. The Morgan fingerprint density at radius 2 is 1.57 bits per heavy atom. The van der Waals surface area contributed by atoms with Crippen LogP contribution in [0.5, 0.6) is 11.5 Å². The van der Waals surface area contributed by atoms with Gasteiger partial charge in [0.25, 0.3) is 0 Å². The lowest BCUT2D eigenvalue weighted by Crippen LogP contribution is -2.02. The van der Waals surface area contributed by atoms with Gasteiger partial charge in [0.2, 0.25) is 0 Å². The fraction of sp³-hybridized carbons (Fsp3) is 0.333. The Bertz CT molecular complexity index is 666. The van der Waals surface area contributed by atoms with Crippen LogP contribution >= 0.6 is 7.52 Å². The van der Waals surface area contributed by atoms with Crippen molar-refractivity contribution in [2.75, 3.05) is 18.4 Å². The summed E-state index contributed by atoms with van der Waals surface area (Å²) in [5.41, 5.74) is 1.96. The second kappa shape index (κ2) is 7.56. The normalized spacial score (nSPS) is 13.4. The molecule has 0 aliphatic rings.